The third kappa shape index (κ3) is 6.31. The SMILES string of the molecule is CCCCNC(N)=NCc1ccccc1OC(F)(F)F. The minimum absolute atomic E-state index is 0.0250. The van der Waals surface area contributed by atoms with E-state index in [0.29, 0.717) is 12.1 Å². The molecule has 0 saturated heterocycles. The van der Waals surface area contributed by atoms with E-state index in [4.69, 9.17) is 5.73 Å². The second-order valence-electron chi connectivity index (χ2n) is 4.14. The number of aliphatic imine (C=N–C) groups is 1. The van der Waals surface area contributed by atoms with Crippen molar-refractivity contribution < 1.29 is 17.9 Å². The maximum Gasteiger partial charge on any atom is 0.573 e. The molecule has 0 bridgehead atoms. The van der Waals surface area contributed by atoms with E-state index in [1.807, 2.05) is 6.92 Å². The van der Waals surface area contributed by atoms with Crippen LogP contribution in [0.15, 0.2) is 29.3 Å². The van der Waals surface area contributed by atoms with E-state index in [-0.39, 0.29) is 18.3 Å². The van der Waals surface area contributed by atoms with Gasteiger partial charge in [0, 0.05) is 12.1 Å². The number of nitrogens with two attached hydrogens (primary N) is 1. The molecule has 0 aliphatic heterocycles. The Morgan fingerprint density at radius 3 is 2.70 bits per heavy atom. The zero-order valence-electron chi connectivity index (χ0n) is 11.2. The minimum Gasteiger partial charge on any atom is -0.405 e. The molecule has 1 aromatic rings. The number of guanidine groups is 1. The van der Waals surface area contributed by atoms with E-state index < -0.39 is 6.36 Å². The van der Waals surface area contributed by atoms with Crippen LogP contribution in [0.1, 0.15) is 25.3 Å². The van der Waals surface area contributed by atoms with Crippen molar-refractivity contribution in [2.75, 3.05) is 6.54 Å². The van der Waals surface area contributed by atoms with Gasteiger partial charge < -0.3 is 15.8 Å². The second-order valence-corrected chi connectivity index (χ2v) is 4.14. The van der Waals surface area contributed by atoms with Gasteiger partial charge in [-0.25, -0.2) is 4.99 Å². The summed E-state index contributed by atoms with van der Waals surface area (Å²) in [6, 6.07) is 5.86. The number of unbranched alkanes of at least 4 members (excludes halogenated alkanes) is 1. The van der Waals surface area contributed by atoms with E-state index in [9.17, 15) is 13.2 Å². The molecule has 0 fully saturated rings. The van der Waals surface area contributed by atoms with Gasteiger partial charge in [0.05, 0.1) is 6.54 Å². The van der Waals surface area contributed by atoms with Gasteiger partial charge >= 0.3 is 6.36 Å². The molecule has 0 aliphatic rings. The number of alkyl halides is 3. The zero-order valence-corrected chi connectivity index (χ0v) is 11.2. The normalized spacial score (nSPS) is 12.3. The number of hydrogen-bond donors (Lipinski definition) is 2. The summed E-state index contributed by atoms with van der Waals surface area (Å²) in [5.74, 6) is -0.0506. The summed E-state index contributed by atoms with van der Waals surface area (Å²) in [4.78, 5) is 3.99. The van der Waals surface area contributed by atoms with Crippen LogP contribution < -0.4 is 15.8 Å². The van der Waals surface area contributed by atoms with Crippen molar-refractivity contribution in [3.8, 4) is 5.75 Å². The number of halogens is 3. The lowest BCUT2D eigenvalue weighted by Gasteiger charge is -2.12. The topological polar surface area (TPSA) is 59.6 Å². The second kappa shape index (κ2) is 7.62. The van der Waals surface area contributed by atoms with E-state index >= 15 is 0 Å². The quantitative estimate of drug-likeness (QED) is 0.481. The lowest BCUT2D eigenvalue weighted by Crippen LogP contribution is -2.32. The Morgan fingerprint density at radius 2 is 2.05 bits per heavy atom. The van der Waals surface area contributed by atoms with Gasteiger partial charge in [0.25, 0.3) is 0 Å². The van der Waals surface area contributed by atoms with Crippen LogP contribution in [0.2, 0.25) is 0 Å². The van der Waals surface area contributed by atoms with Gasteiger partial charge in [-0.2, -0.15) is 0 Å². The monoisotopic (exact) mass is 289 g/mol. The standard InChI is InChI=1S/C13H18F3N3O/c1-2-3-8-18-12(17)19-9-10-6-4-5-7-11(10)20-13(14,15)16/h4-7H,2-3,8-9H2,1H3,(H3,17,18,19). The number of hydrogen-bond acceptors (Lipinski definition) is 2. The Labute approximate surface area is 115 Å². The number of benzene rings is 1. The molecule has 7 heteroatoms. The maximum absolute atomic E-state index is 12.2. The summed E-state index contributed by atoms with van der Waals surface area (Å²) in [6.07, 6.45) is -2.75. The van der Waals surface area contributed by atoms with E-state index in [2.05, 4.69) is 15.0 Å². The third-order valence-corrected chi connectivity index (χ3v) is 2.45. The highest BCUT2D eigenvalue weighted by molar-refractivity contribution is 5.77. The van der Waals surface area contributed by atoms with Crippen LogP contribution in [0.3, 0.4) is 0 Å². The molecule has 0 aromatic heterocycles. The van der Waals surface area contributed by atoms with Crippen molar-refractivity contribution in [1.82, 2.24) is 5.32 Å². The smallest absolute Gasteiger partial charge is 0.405 e. The number of nitrogens with zero attached hydrogens (tertiary/aromatic N) is 1. The van der Waals surface area contributed by atoms with Crippen molar-refractivity contribution in [3.05, 3.63) is 29.8 Å². The summed E-state index contributed by atoms with van der Waals surface area (Å²) in [5.41, 5.74) is 5.94. The molecule has 4 nitrogen and oxygen atoms in total. The minimum atomic E-state index is -4.72. The summed E-state index contributed by atoms with van der Waals surface area (Å²) >= 11 is 0. The summed E-state index contributed by atoms with van der Waals surface area (Å²) < 4.78 is 40.6. The van der Waals surface area contributed by atoms with E-state index in [1.54, 1.807) is 6.07 Å². The van der Waals surface area contributed by atoms with Crippen LogP contribution in [0.5, 0.6) is 5.75 Å². The average molecular weight is 289 g/mol. The first-order chi connectivity index (χ1) is 9.42. The highest BCUT2D eigenvalue weighted by atomic mass is 19.4. The largest absolute Gasteiger partial charge is 0.573 e. The summed E-state index contributed by atoms with van der Waals surface area (Å²) in [5, 5.41) is 2.89. The van der Waals surface area contributed by atoms with Gasteiger partial charge in [0.2, 0.25) is 0 Å². The molecule has 0 heterocycles. The molecule has 0 aliphatic carbocycles. The van der Waals surface area contributed by atoms with Crippen LogP contribution in [0, 0.1) is 0 Å². The highest BCUT2D eigenvalue weighted by Crippen LogP contribution is 2.26. The number of nitrogens with one attached hydrogen (secondary N) is 1. The fraction of sp³-hybridized carbons (Fsp3) is 0.462. The Hall–Kier alpha value is -1.92. The molecule has 3 N–H and O–H groups in total. The van der Waals surface area contributed by atoms with Gasteiger partial charge in [-0.1, -0.05) is 31.5 Å². The molecule has 0 unspecified atom stereocenters. The van der Waals surface area contributed by atoms with Crippen LogP contribution >= 0.6 is 0 Å². The first-order valence-corrected chi connectivity index (χ1v) is 6.30. The molecular weight excluding hydrogens is 271 g/mol. The predicted octanol–water partition coefficient (Wildman–Crippen LogP) is 2.79. The Balaban J connectivity index is 2.65. The van der Waals surface area contributed by atoms with Crippen LogP contribution in [-0.4, -0.2) is 18.9 Å². The zero-order chi connectivity index (χ0) is 15.0. The van der Waals surface area contributed by atoms with Crippen LogP contribution in [0.4, 0.5) is 13.2 Å². The molecule has 0 spiro atoms. The first-order valence-electron chi connectivity index (χ1n) is 6.30. The van der Waals surface area contributed by atoms with Crippen LogP contribution in [0.25, 0.3) is 0 Å². The Kier molecular flexibility index (Phi) is 6.14. The molecule has 1 aromatic carbocycles. The molecule has 0 amide bonds. The molecular formula is C13H18F3N3O. The molecule has 20 heavy (non-hydrogen) atoms. The Morgan fingerprint density at radius 1 is 1.35 bits per heavy atom. The van der Waals surface area contributed by atoms with Crippen molar-refractivity contribution in [2.24, 2.45) is 10.7 Å². The molecule has 0 radical (unpaired) electrons. The van der Waals surface area contributed by atoms with Gasteiger partial charge in [0.1, 0.15) is 5.75 Å². The number of para-hydroxylation sites is 1. The predicted molar refractivity (Wildman–Crippen MR) is 71.4 cm³/mol. The van der Waals surface area contributed by atoms with Gasteiger partial charge in [-0.3, -0.25) is 0 Å². The van der Waals surface area contributed by atoms with E-state index in [1.165, 1.54) is 18.2 Å². The lowest BCUT2D eigenvalue weighted by atomic mass is 10.2. The summed E-state index contributed by atoms with van der Waals surface area (Å²) in [7, 11) is 0. The molecule has 0 atom stereocenters. The van der Waals surface area contributed by atoms with Crippen LogP contribution in [-0.2, 0) is 6.54 Å². The van der Waals surface area contributed by atoms with E-state index in [0.717, 1.165) is 12.8 Å². The lowest BCUT2D eigenvalue weighted by molar-refractivity contribution is -0.274. The van der Waals surface area contributed by atoms with Crippen molar-refractivity contribution in [1.29, 1.82) is 0 Å². The first kappa shape index (κ1) is 16.1. The maximum atomic E-state index is 12.2. The summed E-state index contributed by atoms with van der Waals surface area (Å²) in [6.45, 7) is 2.75. The van der Waals surface area contributed by atoms with Gasteiger partial charge in [-0.15, -0.1) is 13.2 Å². The highest BCUT2D eigenvalue weighted by Gasteiger charge is 2.31. The van der Waals surface area contributed by atoms with Gasteiger partial charge in [-0.05, 0) is 12.5 Å². The fourth-order valence-electron chi connectivity index (χ4n) is 1.48. The average Bonchev–Trinajstić information content (AvgIpc) is 2.36. The molecule has 112 valence electrons. The number of ether oxygens (including phenoxy) is 1. The van der Waals surface area contributed by atoms with Crippen molar-refractivity contribution in [3.63, 3.8) is 0 Å². The fourth-order valence-corrected chi connectivity index (χ4v) is 1.48. The third-order valence-electron chi connectivity index (χ3n) is 2.45. The molecule has 0 saturated carbocycles. The molecule has 1 rings (SSSR count). The van der Waals surface area contributed by atoms with Crippen molar-refractivity contribution >= 4 is 5.96 Å². The number of rotatable bonds is 6. The Bertz CT molecular complexity index is 447. The van der Waals surface area contributed by atoms with Gasteiger partial charge in [0.15, 0.2) is 5.96 Å². The van der Waals surface area contributed by atoms with Crippen molar-refractivity contribution in [2.45, 2.75) is 32.7 Å².